The van der Waals surface area contributed by atoms with Crippen LogP contribution in [-0.4, -0.2) is 44.3 Å². The van der Waals surface area contributed by atoms with Gasteiger partial charge in [-0.25, -0.2) is 4.99 Å². The van der Waals surface area contributed by atoms with Gasteiger partial charge in [0.2, 0.25) is 0 Å². The predicted molar refractivity (Wildman–Crippen MR) is 89.8 cm³/mol. The average molecular weight is 317 g/mol. The van der Waals surface area contributed by atoms with Crippen LogP contribution in [0.2, 0.25) is 0 Å². The minimum absolute atomic E-state index is 0.00274. The van der Waals surface area contributed by atoms with Crippen molar-refractivity contribution in [2.75, 3.05) is 13.7 Å². The molecule has 0 aromatic heterocycles. The van der Waals surface area contributed by atoms with Crippen LogP contribution in [0.5, 0.6) is 0 Å². The zero-order chi connectivity index (χ0) is 15.9. The second-order valence-corrected chi connectivity index (χ2v) is 8.24. The van der Waals surface area contributed by atoms with E-state index >= 15 is 0 Å². The number of ether oxygens (including phenoxy) is 1. The first kappa shape index (κ1) is 15.3. The van der Waals surface area contributed by atoms with Gasteiger partial charge in [-0.1, -0.05) is 0 Å². The van der Waals surface area contributed by atoms with Crippen molar-refractivity contribution in [3.8, 4) is 0 Å². The monoisotopic (exact) mass is 317 g/mol. The summed E-state index contributed by atoms with van der Waals surface area (Å²) < 4.78 is 5.00. The molecule has 1 heterocycles. The van der Waals surface area contributed by atoms with Gasteiger partial charge >= 0.3 is 5.97 Å². The van der Waals surface area contributed by atoms with Crippen LogP contribution in [0.1, 0.15) is 44.9 Å². The normalized spacial score (nSPS) is 41.4. The third-order valence-electron chi connectivity index (χ3n) is 6.43. The number of hydrogen-bond donors (Lipinski definition) is 1. The molecule has 5 rings (SSSR count). The first-order valence-corrected chi connectivity index (χ1v) is 9.02. The number of rotatable bonds is 6. The van der Waals surface area contributed by atoms with Gasteiger partial charge in [-0.2, -0.15) is 0 Å². The Labute approximate surface area is 138 Å². The second kappa shape index (κ2) is 6.00. The lowest BCUT2D eigenvalue weighted by Crippen LogP contribution is -2.53. The van der Waals surface area contributed by atoms with E-state index in [9.17, 15) is 4.79 Å². The van der Waals surface area contributed by atoms with Crippen LogP contribution in [0.25, 0.3) is 0 Å². The van der Waals surface area contributed by atoms with Crippen molar-refractivity contribution in [1.82, 2.24) is 5.32 Å². The first-order chi connectivity index (χ1) is 11.2. The Kier molecular flexibility index (Phi) is 4.00. The molecule has 0 radical (unpaired) electrons. The highest BCUT2D eigenvalue weighted by Gasteiger charge is 2.50. The SMILES string of the molecule is COC(=O)[C@@H](C[C@@H]1C=NC=N1)NCC12CC3CC(CC(C3)C1)C2. The number of nitrogens with zero attached hydrogens (tertiary/aromatic N) is 2. The van der Waals surface area contributed by atoms with Crippen molar-refractivity contribution in [2.24, 2.45) is 33.2 Å². The molecule has 5 nitrogen and oxygen atoms in total. The molecule has 0 unspecified atom stereocenters. The molecule has 1 N–H and O–H groups in total. The van der Waals surface area contributed by atoms with Crippen molar-refractivity contribution < 1.29 is 9.53 Å². The lowest BCUT2D eigenvalue weighted by molar-refractivity contribution is -0.143. The third kappa shape index (κ3) is 3.08. The fourth-order valence-electron chi connectivity index (χ4n) is 5.92. The first-order valence-electron chi connectivity index (χ1n) is 9.02. The molecule has 0 aromatic rings. The number of nitrogens with one attached hydrogen (secondary N) is 1. The van der Waals surface area contributed by atoms with Crippen molar-refractivity contribution >= 4 is 18.5 Å². The number of esters is 1. The summed E-state index contributed by atoms with van der Waals surface area (Å²) in [7, 11) is 1.47. The molecule has 23 heavy (non-hydrogen) atoms. The van der Waals surface area contributed by atoms with Crippen LogP contribution in [0, 0.1) is 23.2 Å². The highest BCUT2D eigenvalue weighted by atomic mass is 16.5. The maximum Gasteiger partial charge on any atom is 0.322 e. The van der Waals surface area contributed by atoms with Crippen molar-refractivity contribution in [1.29, 1.82) is 0 Å². The molecule has 4 fully saturated rings. The Morgan fingerprint density at radius 1 is 1.26 bits per heavy atom. The molecule has 0 spiro atoms. The molecule has 5 aliphatic rings. The average Bonchev–Trinajstić information content (AvgIpc) is 3.02. The summed E-state index contributed by atoms with van der Waals surface area (Å²) in [5.41, 5.74) is 0.425. The number of methoxy groups -OCH3 is 1. The summed E-state index contributed by atoms with van der Waals surface area (Å²) in [6, 6.07) is -0.275. The van der Waals surface area contributed by atoms with Crippen molar-refractivity contribution in [3.63, 3.8) is 0 Å². The fraction of sp³-hybridized carbons (Fsp3) is 0.833. The van der Waals surface area contributed by atoms with Gasteiger partial charge in [-0.15, -0.1) is 0 Å². The molecular formula is C18H27N3O2. The minimum atomic E-state index is -0.278. The van der Waals surface area contributed by atoms with E-state index in [0.717, 1.165) is 24.3 Å². The number of hydrogen-bond acceptors (Lipinski definition) is 5. The van der Waals surface area contributed by atoms with Crippen LogP contribution in [0.15, 0.2) is 9.98 Å². The van der Waals surface area contributed by atoms with Gasteiger partial charge in [0.05, 0.1) is 13.2 Å². The molecule has 0 saturated heterocycles. The molecule has 1 aliphatic heterocycles. The molecule has 126 valence electrons. The quantitative estimate of drug-likeness (QED) is 0.764. The number of aliphatic imine (C=N–C) groups is 2. The van der Waals surface area contributed by atoms with E-state index in [1.807, 2.05) is 6.21 Å². The minimum Gasteiger partial charge on any atom is -0.468 e. The van der Waals surface area contributed by atoms with E-state index in [2.05, 4.69) is 15.3 Å². The number of carbonyl (C=O) groups excluding carboxylic acids is 1. The van der Waals surface area contributed by atoms with Gasteiger partial charge in [-0.05, 0) is 61.7 Å². The van der Waals surface area contributed by atoms with Gasteiger partial charge in [0, 0.05) is 19.2 Å². The Hall–Kier alpha value is -1.23. The summed E-state index contributed by atoms with van der Waals surface area (Å²) in [6.07, 6.45) is 12.4. The standard InChI is InChI=1S/C18H27N3O2/c1-23-17(22)16(5-15-9-19-11-21-15)20-10-18-6-12-2-13(7-18)4-14(3-12)8-18/h9,11-16,20H,2-8,10H2,1H3/t12?,13?,14?,15-,16-,18?/m1/s1. The Morgan fingerprint density at radius 2 is 1.91 bits per heavy atom. The summed E-state index contributed by atoms with van der Waals surface area (Å²) in [4.78, 5) is 20.4. The van der Waals surface area contributed by atoms with Crippen LogP contribution in [0.4, 0.5) is 0 Å². The van der Waals surface area contributed by atoms with E-state index < -0.39 is 0 Å². The molecule has 4 aliphatic carbocycles. The van der Waals surface area contributed by atoms with Gasteiger partial charge in [0.15, 0.2) is 0 Å². The second-order valence-electron chi connectivity index (χ2n) is 8.24. The summed E-state index contributed by atoms with van der Waals surface area (Å²) in [5.74, 6) is 2.63. The van der Waals surface area contributed by atoms with E-state index in [1.54, 1.807) is 6.34 Å². The molecule has 0 amide bonds. The van der Waals surface area contributed by atoms with E-state index in [4.69, 9.17) is 4.74 Å². The topological polar surface area (TPSA) is 63.0 Å². The molecular weight excluding hydrogens is 290 g/mol. The maximum absolute atomic E-state index is 12.1. The Morgan fingerprint density at radius 3 is 2.43 bits per heavy atom. The van der Waals surface area contributed by atoms with Crippen LogP contribution in [0.3, 0.4) is 0 Å². The lowest BCUT2D eigenvalue weighted by Gasteiger charge is -2.57. The summed E-state index contributed by atoms with van der Waals surface area (Å²) in [6.45, 7) is 0.948. The smallest absolute Gasteiger partial charge is 0.322 e. The molecule has 5 heteroatoms. The Bertz CT molecular complexity index is 481. The lowest BCUT2D eigenvalue weighted by atomic mass is 9.49. The molecule has 4 saturated carbocycles. The van der Waals surface area contributed by atoms with Crippen LogP contribution in [-0.2, 0) is 9.53 Å². The van der Waals surface area contributed by atoms with Crippen LogP contribution < -0.4 is 5.32 Å². The van der Waals surface area contributed by atoms with Crippen molar-refractivity contribution in [3.05, 3.63) is 0 Å². The zero-order valence-corrected chi connectivity index (χ0v) is 13.9. The van der Waals surface area contributed by atoms with Gasteiger partial charge in [0.1, 0.15) is 12.4 Å². The van der Waals surface area contributed by atoms with Gasteiger partial charge < -0.3 is 10.1 Å². The zero-order valence-electron chi connectivity index (χ0n) is 13.9. The summed E-state index contributed by atoms with van der Waals surface area (Å²) >= 11 is 0. The molecule has 4 bridgehead atoms. The fourth-order valence-corrected chi connectivity index (χ4v) is 5.92. The maximum atomic E-state index is 12.1. The summed E-state index contributed by atoms with van der Waals surface area (Å²) in [5, 5.41) is 3.54. The third-order valence-corrected chi connectivity index (χ3v) is 6.43. The van der Waals surface area contributed by atoms with Crippen LogP contribution >= 0.6 is 0 Å². The van der Waals surface area contributed by atoms with Crippen molar-refractivity contribution in [2.45, 2.75) is 57.0 Å². The highest BCUT2D eigenvalue weighted by molar-refractivity contribution is 5.83. The van der Waals surface area contributed by atoms with Gasteiger partial charge in [-0.3, -0.25) is 9.79 Å². The van der Waals surface area contributed by atoms with E-state index in [0.29, 0.717) is 11.8 Å². The van der Waals surface area contributed by atoms with Gasteiger partial charge in [0.25, 0.3) is 0 Å². The van der Waals surface area contributed by atoms with E-state index in [-0.39, 0.29) is 18.1 Å². The number of carbonyl (C=O) groups is 1. The largest absolute Gasteiger partial charge is 0.468 e. The molecule has 0 aromatic carbocycles. The predicted octanol–water partition coefficient (Wildman–Crippen LogP) is 2.21. The highest BCUT2D eigenvalue weighted by Crippen LogP contribution is 2.59. The molecule has 2 atom stereocenters. The van der Waals surface area contributed by atoms with E-state index in [1.165, 1.54) is 45.6 Å². The Balaban J connectivity index is 1.40.